The van der Waals surface area contributed by atoms with E-state index >= 15 is 0 Å². The maximum Gasteiger partial charge on any atom is 3.00 e. The first-order chi connectivity index (χ1) is 0. The van der Waals surface area contributed by atoms with E-state index in [4.69, 9.17) is 0 Å². The van der Waals surface area contributed by atoms with Crippen molar-refractivity contribution in [2.24, 2.45) is 0 Å². The Morgan fingerprint density at radius 1 is 0.364 bits per heavy atom. The number of hydrogen-bond donors (Lipinski definition) is 0. The van der Waals surface area contributed by atoms with E-state index < -0.39 is 0 Å². The van der Waals surface area contributed by atoms with Crippen LogP contribution in [0.4, 0.5) is 0 Å². The Kier molecular flexibility index (Phi) is 3520. The molecule has 0 bridgehead atoms. The van der Waals surface area contributed by atoms with Gasteiger partial charge in [-0.2, -0.15) is 0 Å². The molecule has 0 aliphatic rings. The zero-order chi connectivity index (χ0) is 0. The molecule has 69 valence electrons. The minimum absolute atomic E-state index is 0. The SMILES string of the molecule is [Ba+2].[F-].[F-].[F-].[F-].[F-].[F-].[F-].[F-].[Gd+3].[Y+3]. The van der Waals surface area contributed by atoms with Crippen molar-refractivity contribution in [3.63, 3.8) is 0 Å². The van der Waals surface area contributed by atoms with E-state index in [0.29, 0.717) is 0 Å². The molecule has 0 aromatic rings. The van der Waals surface area contributed by atoms with Gasteiger partial charge in [0.15, 0.2) is 0 Å². The van der Waals surface area contributed by atoms with E-state index in [1.165, 1.54) is 0 Å². The number of hydrogen-bond acceptors (Lipinski definition) is 0. The van der Waals surface area contributed by atoms with E-state index in [-0.39, 0.29) is 159 Å². The van der Waals surface area contributed by atoms with Crippen molar-refractivity contribution in [1.29, 1.82) is 0 Å². The van der Waals surface area contributed by atoms with Crippen LogP contribution in [0.2, 0.25) is 0 Å². The summed E-state index contributed by atoms with van der Waals surface area (Å²) in [6.07, 6.45) is 0. The Morgan fingerprint density at radius 3 is 0.364 bits per heavy atom. The van der Waals surface area contributed by atoms with E-state index in [0.717, 1.165) is 0 Å². The normalized spacial score (nSPS) is 0. The van der Waals surface area contributed by atoms with Crippen LogP contribution in [0.1, 0.15) is 0 Å². The zero-order valence-corrected chi connectivity index (χ0v) is 14.2. The second-order valence-electron chi connectivity index (χ2n) is 0. The van der Waals surface area contributed by atoms with Crippen LogP contribution in [-0.2, 0) is 32.7 Å². The van der Waals surface area contributed by atoms with Crippen molar-refractivity contribution >= 4 is 48.9 Å². The van der Waals surface area contributed by atoms with Crippen LogP contribution in [0.3, 0.4) is 0 Å². The van der Waals surface area contributed by atoms with E-state index in [1.54, 1.807) is 0 Å². The van der Waals surface area contributed by atoms with Gasteiger partial charge in [0.05, 0.1) is 0 Å². The Bertz CT molecular complexity index is 14.1. The Balaban J connectivity index is 0. The average Bonchev–Trinajstić information content (AvgIpc) is 0. The van der Waals surface area contributed by atoms with Crippen molar-refractivity contribution in [3.8, 4) is 0 Å². The summed E-state index contributed by atoms with van der Waals surface area (Å²) >= 11 is 0. The summed E-state index contributed by atoms with van der Waals surface area (Å²) < 4.78 is 0. The molecule has 0 aliphatic heterocycles. The molecule has 1 radical (unpaired) electrons. The van der Waals surface area contributed by atoms with E-state index in [2.05, 4.69) is 0 Å². The van der Waals surface area contributed by atoms with Gasteiger partial charge in [-0.05, 0) is 0 Å². The number of halogens is 8. The molecule has 11 heavy (non-hydrogen) atoms. The standard InChI is InChI=1S/Ba.8FH.Gd.Y/h;8*1H;;/q+2;;;;;;;;;2*+3/p-8. The van der Waals surface area contributed by atoms with Gasteiger partial charge < -0.3 is 37.6 Å². The van der Waals surface area contributed by atoms with Gasteiger partial charge in [0.1, 0.15) is 0 Å². The molecule has 0 saturated heterocycles. The van der Waals surface area contributed by atoms with Crippen molar-refractivity contribution in [2.75, 3.05) is 0 Å². The summed E-state index contributed by atoms with van der Waals surface area (Å²) in [6, 6.07) is 0. The van der Waals surface area contributed by atoms with Crippen molar-refractivity contribution in [1.82, 2.24) is 0 Å². The molecule has 0 atom stereocenters. The zero-order valence-electron chi connectivity index (χ0n) is 4.66. The Morgan fingerprint density at radius 2 is 0.364 bits per heavy atom. The maximum atomic E-state index is 0. The first kappa shape index (κ1) is 220. The summed E-state index contributed by atoms with van der Waals surface area (Å²) in [5, 5.41) is 0. The molecule has 11 heteroatoms. The summed E-state index contributed by atoms with van der Waals surface area (Å²) in [4.78, 5) is 0. The van der Waals surface area contributed by atoms with Gasteiger partial charge in [0.2, 0.25) is 0 Å². The largest absolute Gasteiger partial charge is 3.00 e. The van der Waals surface area contributed by atoms with Gasteiger partial charge >= 0.3 is 122 Å². The average molecular weight is 535 g/mol. The molecule has 0 aromatic heterocycles. The fourth-order valence-electron chi connectivity index (χ4n) is 0. The minimum atomic E-state index is 0. The first-order valence-electron chi connectivity index (χ1n) is 0. The molecule has 0 rings (SSSR count). The molecule has 0 spiro atoms. The summed E-state index contributed by atoms with van der Waals surface area (Å²) in [5.41, 5.74) is 0. The fraction of sp³-hybridized carbons (Fsp3) is 0. The smallest absolute Gasteiger partial charge is 1.00 e. The van der Waals surface area contributed by atoms with Crippen LogP contribution in [0.5, 0.6) is 0 Å². The van der Waals surface area contributed by atoms with Crippen molar-refractivity contribution in [3.05, 3.63) is 0 Å². The first-order valence-corrected chi connectivity index (χ1v) is 0. The van der Waals surface area contributed by atoms with Crippen LogP contribution in [0.25, 0.3) is 0 Å². The van der Waals surface area contributed by atoms with Gasteiger partial charge in [0, 0.05) is 0 Å². The summed E-state index contributed by atoms with van der Waals surface area (Å²) in [7, 11) is 0. The van der Waals surface area contributed by atoms with Gasteiger partial charge in [-0.1, -0.05) is 0 Å². The Hall–Kier alpha value is 3.44. The molecule has 0 N–H and O–H groups in total. The molecule has 0 aromatic carbocycles. The molecular formula is BaF8GdY. The van der Waals surface area contributed by atoms with Crippen LogP contribution in [0, 0.1) is 39.9 Å². The predicted octanol–water partition coefficient (Wildman–Crippen LogP) is -24.4. The minimum Gasteiger partial charge on any atom is -1.00 e. The molecule has 0 heterocycles. The van der Waals surface area contributed by atoms with Crippen LogP contribution < -0.4 is 37.6 Å². The van der Waals surface area contributed by atoms with Crippen LogP contribution in [-0.4, -0.2) is 48.9 Å². The van der Waals surface area contributed by atoms with Crippen LogP contribution in [0.15, 0.2) is 0 Å². The molecule has 0 unspecified atom stereocenters. The molecule has 0 amide bonds. The third-order valence-corrected chi connectivity index (χ3v) is 0. The van der Waals surface area contributed by atoms with Crippen molar-refractivity contribution in [2.45, 2.75) is 0 Å². The molecular weight excluding hydrogens is 535 g/mol. The second kappa shape index (κ2) is 176. The van der Waals surface area contributed by atoms with E-state index in [1.807, 2.05) is 0 Å². The molecule has 0 aliphatic carbocycles. The molecule has 0 saturated carbocycles. The quantitative estimate of drug-likeness (QED) is 0.214. The monoisotopic (exact) mass is 537 g/mol. The maximum absolute atomic E-state index is 0. The van der Waals surface area contributed by atoms with Gasteiger partial charge in [-0.15, -0.1) is 0 Å². The third kappa shape index (κ3) is 149. The van der Waals surface area contributed by atoms with E-state index in [9.17, 15) is 0 Å². The topological polar surface area (TPSA) is 0 Å². The number of rotatable bonds is 0. The Labute approximate surface area is 155 Å². The summed E-state index contributed by atoms with van der Waals surface area (Å²) in [6.45, 7) is 0. The fourth-order valence-corrected chi connectivity index (χ4v) is 0. The van der Waals surface area contributed by atoms with Gasteiger partial charge in [0.25, 0.3) is 0 Å². The third-order valence-electron chi connectivity index (χ3n) is 0. The van der Waals surface area contributed by atoms with Gasteiger partial charge in [-0.3, -0.25) is 0 Å². The predicted molar refractivity (Wildman–Crippen MR) is 5.75 cm³/mol. The molecule has 0 fully saturated rings. The molecule has 0 nitrogen and oxygen atoms in total. The second-order valence-corrected chi connectivity index (χ2v) is 0. The van der Waals surface area contributed by atoms with Crippen molar-refractivity contribution < 1.29 is 110 Å². The van der Waals surface area contributed by atoms with Gasteiger partial charge in [-0.25, -0.2) is 0 Å². The summed E-state index contributed by atoms with van der Waals surface area (Å²) in [5.74, 6) is 0. The van der Waals surface area contributed by atoms with Crippen LogP contribution >= 0.6 is 0 Å².